The molecule has 0 aromatic carbocycles. The molecule has 1 saturated heterocycles. The lowest BCUT2D eigenvalue weighted by Gasteiger charge is -2.26. The number of hydroxylamine groups is 1. The molecular formula is C12H15N5O3. The van der Waals surface area contributed by atoms with Crippen molar-refractivity contribution >= 4 is 5.97 Å². The molecule has 3 N–H and O–H groups in total. The van der Waals surface area contributed by atoms with Crippen LogP contribution in [0.2, 0.25) is 0 Å². The minimum atomic E-state index is -1.06. The minimum Gasteiger partial charge on any atom is -0.478 e. The van der Waals surface area contributed by atoms with E-state index in [-0.39, 0.29) is 24.3 Å². The Morgan fingerprint density at radius 3 is 2.85 bits per heavy atom. The molecule has 0 bridgehead atoms. The number of rotatable bonds is 5. The summed E-state index contributed by atoms with van der Waals surface area (Å²) in [5.74, 6) is -0.655. The van der Waals surface area contributed by atoms with E-state index in [1.165, 1.54) is 12.4 Å². The Labute approximate surface area is 115 Å². The lowest BCUT2D eigenvalue weighted by atomic mass is 10.0. The number of aromatic nitrogens is 2. The van der Waals surface area contributed by atoms with E-state index in [9.17, 15) is 4.79 Å². The number of carboxylic acid groups (broad SMARTS) is 1. The van der Waals surface area contributed by atoms with Crippen molar-refractivity contribution in [2.75, 3.05) is 6.54 Å². The Morgan fingerprint density at radius 1 is 1.55 bits per heavy atom. The average molecular weight is 277 g/mol. The summed E-state index contributed by atoms with van der Waals surface area (Å²) in [6.45, 7) is 0.815. The van der Waals surface area contributed by atoms with Gasteiger partial charge in [0.05, 0.1) is 17.7 Å². The third-order valence-corrected chi connectivity index (χ3v) is 2.97. The number of piperidine rings is 1. The largest absolute Gasteiger partial charge is 0.478 e. The Hall–Kier alpha value is -2.08. The molecule has 1 aromatic rings. The smallest absolute Gasteiger partial charge is 0.338 e. The molecule has 2 atom stereocenters. The summed E-state index contributed by atoms with van der Waals surface area (Å²) in [4.78, 5) is 23.7. The van der Waals surface area contributed by atoms with E-state index in [1.807, 2.05) is 0 Å². The van der Waals surface area contributed by atoms with Crippen LogP contribution in [0.5, 0.6) is 0 Å². The van der Waals surface area contributed by atoms with Gasteiger partial charge in [-0.3, -0.25) is 4.84 Å². The molecule has 8 heteroatoms. The highest BCUT2D eigenvalue weighted by molar-refractivity contribution is 5.86. The van der Waals surface area contributed by atoms with E-state index >= 15 is 0 Å². The Balaban J connectivity index is 1.71. The molecule has 2 heterocycles. The SMILES string of the molecule is N#C[C@@H]1CC[C@@H](NOCc2ncc(C(=O)O)cn2)CN1. The maximum atomic E-state index is 10.6. The Bertz CT molecular complexity index is 491. The fourth-order valence-electron chi connectivity index (χ4n) is 1.83. The van der Waals surface area contributed by atoms with Gasteiger partial charge in [0.25, 0.3) is 0 Å². The third-order valence-electron chi connectivity index (χ3n) is 2.97. The van der Waals surface area contributed by atoms with Crippen LogP contribution in [-0.2, 0) is 11.4 Å². The zero-order valence-corrected chi connectivity index (χ0v) is 10.7. The summed E-state index contributed by atoms with van der Waals surface area (Å²) in [6, 6.07) is 2.23. The van der Waals surface area contributed by atoms with E-state index in [1.54, 1.807) is 0 Å². The summed E-state index contributed by atoms with van der Waals surface area (Å²) in [5, 5.41) is 20.5. The van der Waals surface area contributed by atoms with Gasteiger partial charge < -0.3 is 10.4 Å². The van der Waals surface area contributed by atoms with Crippen LogP contribution < -0.4 is 10.8 Å². The van der Waals surface area contributed by atoms with Crippen molar-refractivity contribution in [1.29, 1.82) is 5.26 Å². The molecule has 0 spiro atoms. The fraction of sp³-hybridized carbons (Fsp3) is 0.500. The van der Waals surface area contributed by atoms with Crippen molar-refractivity contribution in [3.05, 3.63) is 23.8 Å². The van der Waals surface area contributed by atoms with Crippen molar-refractivity contribution in [3.63, 3.8) is 0 Å². The van der Waals surface area contributed by atoms with Gasteiger partial charge >= 0.3 is 5.97 Å². The third kappa shape index (κ3) is 3.96. The van der Waals surface area contributed by atoms with Crippen molar-refractivity contribution < 1.29 is 14.7 Å². The van der Waals surface area contributed by atoms with Crippen molar-refractivity contribution in [1.82, 2.24) is 20.8 Å². The fourth-order valence-corrected chi connectivity index (χ4v) is 1.83. The number of nitrogens with one attached hydrogen (secondary N) is 2. The first-order valence-corrected chi connectivity index (χ1v) is 6.23. The summed E-state index contributed by atoms with van der Waals surface area (Å²) < 4.78 is 0. The molecule has 0 radical (unpaired) electrons. The quantitative estimate of drug-likeness (QED) is 0.635. The molecule has 1 aliphatic heterocycles. The van der Waals surface area contributed by atoms with E-state index in [0.29, 0.717) is 12.4 Å². The zero-order chi connectivity index (χ0) is 14.4. The van der Waals surface area contributed by atoms with Crippen LogP contribution in [-0.4, -0.2) is 39.7 Å². The molecule has 2 rings (SSSR count). The first-order chi connectivity index (χ1) is 9.69. The molecule has 0 saturated carbocycles. The minimum absolute atomic E-state index is 0.0423. The van der Waals surface area contributed by atoms with E-state index in [2.05, 4.69) is 26.8 Å². The second-order valence-electron chi connectivity index (χ2n) is 4.46. The van der Waals surface area contributed by atoms with Crippen molar-refractivity contribution in [2.24, 2.45) is 0 Å². The van der Waals surface area contributed by atoms with Gasteiger partial charge in [0.2, 0.25) is 0 Å². The number of aromatic carboxylic acids is 1. The van der Waals surface area contributed by atoms with Gasteiger partial charge in [0.1, 0.15) is 6.61 Å². The van der Waals surface area contributed by atoms with Gasteiger partial charge in [-0.1, -0.05) is 0 Å². The first-order valence-electron chi connectivity index (χ1n) is 6.23. The van der Waals surface area contributed by atoms with Gasteiger partial charge in [-0.15, -0.1) is 0 Å². The highest BCUT2D eigenvalue weighted by Gasteiger charge is 2.19. The van der Waals surface area contributed by atoms with Crippen LogP contribution in [0.3, 0.4) is 0 Å². The Morgan fingerprint density at radius 2 is 2.30 bits per heavy atom. The number of carbonyl (C=O) groups is 1. The standard InChI is InChI=1S/C12H15N5O3/c13-3-9-1-2-10(6-14-9)17-20-7-11-15-4-8(5-16-11)12(18)19/h4-5,9-10,14,17H,1-2,6-7H2,(H,18,19)/t9-,10+/m0/s1. The van der Waals surface area contributed by atoms with Crippen LogP contribution in [0, 0.1) is 11.3 Å². The Kier molecular flexibility index (Phi) is 4.95. The summed E-state index contributed by atoms with van der Waals surface area (Å²) in [7, 11) is 0. The van der Waals surface area contributed by atoms with Gasteiger partial charge in [-0.25, -0.2) is 14.8 Å². The second kappa shape index (κ2) is 6.91. The van der Waals surface area contributed by atoms with Crippen LogP contribution in [0.25, 0.3) is 0 Å². The average Bonchev–Trinajstić information content (AvgIpc) is 2.48. The van der Waals surface area contributed by atoms with E-state index in [0.717, 1.165) is 12.8 Å². The van der Waals surface area contributed by atoms with Gasteiger partial charge in [-0.05, 0) is 12.8 Å². The molecule has 1 aromatic heterocycles. The number of hydrogen-bond donors (Lipinski definition) is 3. The number of nitrogens with zero attached hydrogens (tertiary/aromatic N) is 3. The zero-order valence-electron chi connectivity index (χ0n) is 10.7. The molecule has 20 heavy (non-hydrogen) atoms. The normalized spacial score (nSPS) is 22.1. The molecule has 0 aliphatic carbocycles. The molecule has 8 nitrogen and oxygen atoms in total. The van der Waals surface area contributed by atoms with Crippen LogP contribution in [0.4, 0.5) is 0 Å². The van der Waals surface area contributed by atoms with Gasteiger partial charge in [-0.2, -0.15) is 10.7 Å². The summed E-state index contributed by atoms with van der Waals surface area (Å²) in [6.07, 6.45) is 4.12. The number of nitriles is 1. The highest BCUT2D eigenvalue weighted by Crippen LogP contribution is 2.07. The molecule has 1 fully saturated rings. The lowest BCUT2D eigenvalue weighted by Crippen LogP contribution is -2.47. The monoisotopic (exact) mass is 277 g/mol. The predicted molar refractivity (Wildman–Crippen MR) is 67.3 cm³/mol. The number of hydrogen-bond acceptors (Lipinski definition) is 7. The maximum absolute atomic E-state index is 10.6. The van der Waals surface area contributed by atoms with Crippen LogP contribution >= 0.6 is 0 Å². The van der Waals surface area contributed by atoms with E-state index < -0.39 is 5.97 Å². The topological polar surface area (TPSA) is 120 Å². The molecule has 1 aliphatic rings. The van der Waals surface area contributed by atoms with Crippen LogP contribution in [0.15, 0.2) is 12.4 Å². The van der Waals surface area contributed by atoms with Crippen molar-refractivity contribution in [3.8, 4) is 6.07 Å². The van der Waals surface area contributed by atoms with Gasteiger partial charge in [0.15, 0.2) is 5.82 Å². The van der Waals surface area contributed by atoms with Crippen LogP contribution in [0.1, 0.15) is 29.0 Å². The number of carboxylic acids is 1. The lowest BCUT2D eigenvalue weighted by molar-refractivity contribution is -0.00595. The summed E-state index contributed by atoms with van der Waals surface area (Å²) in [5.41, 5.74) is 2.93. The second-order valence-corrected chi connectivity index (χ2v) is 4.46. The molecule has 106 valence electrons. The first kappa shape index (κ1) is 14.3. The molecule has 0 unspecified atom stereocenters. The molecule has 0 amide bonds. The highest BCUT2D eigenvalue weighted by atomic mass is 16.6. The summed E-state index contributed by atoms with van der Waals surface area (Å²) >= 11 is 0. The van der Waals surface area contributed by atoms with Gasteiger partial charge in [0, 0.05) is 25.0 Å². The molecular weight excluding hydrogens is 262 g/mol. The van der Waals surface area contributed by atoms with E-state index in [4.69, 9.17) is 15.2 Å². The predicted octanol–water partition coefficient (Wildman–Crippen LogP) is -0.160. The maximum Gasteiger partial charge on any atom is 0.338 e. The van der Waals surface area contributed by atoms with Crippen molar-refractivity contribution in [2.45, 2.75) is 31.5 Å².